The second-order valence-corrected chi connectivity index (χ2v) is 12.8. The molecule has 0 heterocycles. The summed E-state index contributed by atoms with van der Waals surface area (Å²) >= 11 is 0. The van der Waals surface area contributed by atoms with Gasteiger partial charge in [0.05, 0.1) is 12.7 Å². The summed E-state index contributed by atoms with van der Waals surface area (Å²) in [7, 11) is 0. The molecule has 0 rings (SSSR count). The zero-order chi connectivity index (χ0) is 35.2. The molecule has 2 atom stereocenters. The number of unbranched alkanes of at least 4 members (excludes halogenated alkanes) is 16. The van der Waals surface area contributed by atoms with Crippen LogP contribution in [0, 0.1) is 0 Å². The molecule has 2 N–H and O–H groups in total. The number of carbonyl (C=O) groups is 2. The monoisotopic (exact) mass is 673 g/mol. The van der Waals surface area contributed by atoms with Crippen molar-refractivity contribution in [3.8, 4) is 0 Å². The zero-order valence-electron chi connectivity index (χ0n) is 30.8. The van der Waals surface area contributed by atoms with Gasteiger partial charge in [0, 0.05) is 12.8 Å². The fourth-order valence-corrected chi connectivity index (χ4v) is 5.20. The second-order valence-electron chi connectivity index (χ2n) is 12.8. The first-order valence-electron chi connectivity index (χ1n) is 19.5. The highest BCUT2D eigenvalue weighted by molar-refractivity contribution is 5.70. The van der Waals surface area contributed by atoms with Crippen molar-refractivity contribution in [2.24, 2.45) is 0 Å². The Hall–Kier alpha value is -2.44. The molecule has 0 bridgehead atoms. The molecule has 0 saturated heterocycles. The number of allylic oxidation sites excluding steroid dienone is 8. The molecule has 0 aromatic heterocycles. The number of rotatable bonds is 34. The molecule has 0 aliphatic rings. The molecule has 0 radical (unpaired) electrons. The Morgan fingerprint density at radius 2 is 1.12 bits per heavy atom. The minimum absolute atomic E-state index is 0.0998. The lowest BCUT2D eigenvalue weighted by atomic mass is 10.0. The Labute approximate surface area is 294 Å². The van der Waals surface area contributed by atoms with E-state index in [4.69, 9.17) is 9.47 Å². The summed E-state index contributed by atoms with van der Waals surface area (Å²) in [5, 5.41) is 19.3. The van der Waals surface area contributed by atoms with Crippen LogP contribution in [0.1, 0.15) is 168 Å². The number of esters is 2. The summed E-state index contributed by atoms with van der Waals surface area (Å²) in [4.78, 5) is 24.2. The largest absolute Gasteiger partial charge is 0.462 e. The van der Waals surface area contributed by atoms with Crippen LogP contribution in [0.5, 0.6) is 0 Å². The molecule has 0 amide bonds. The van der Waals surface area contributed by atoms with E-state index in [9.17, 15) is 19.8 Å². The van der Waals surface area contributed by atoms with Crippen LogP contribution in [0.3, 0.4) is 0 Å². The Bertz CT molecular complexity index is 871. The SMILES string of the molecule is CC/C=C\C(O)C/C=C/C=C\C/C=C\C/C=C\CCCC(=O)O[C@@H](CO)COC(=O)CCCCCCCCCCCCCCCCCC. The lowest BCUT2D eigenvalue weighted by Gasteiger charge is -2.15. The van der Waals surface area contributed by atoms with Gasteiger partial charge in [-0.3, -0.25) is 9.59 Å². The summed E-state index contributed by atoms with van der Waals surface area (Å²) < 4.78 is 10.5. The van der Waals surface area contributed by atoms with E-state index in [1.807, 2.05) is 37.3 Å². The van der Waals surface area contributed by atoms with E-state index in [2.05, 4.69) is 37.3 Å². The molecule has 276 valence electrons. The maximum absolute atomic E-state index is 12.1. The van der Waals surface area contributed by atoms with Crippen molar-refractivity contribution in [3.63, 3.8) is 0 Å². The summed E-state index contributed by atoms with van der Waals surface area (Å²) in [6.07, 6.45) is 44.8. The molecule has 0 aliphatic heterocycles. The van der Waals surface area contributed by atoms with E-state index in [1.54, 1.807) is 0 Å². The van der Waals surface area contributed by atoms with Crippen LogP contribution in [0.2, 0.25) is 0 Å². The van der Waals surface area contributed by atoms with Crippen LogP contribution in [-0.2, 0) is 19.1 Å². The van der Waals surface area contributed by atoms with Crippen molar-refractivity contribution in [3.05, 3.63) is 60.8 Å². The topological polar surface area (TPSA) is 93.1 Å². The molecule has 0 fully saturated rings. The highest BCUT2D eigenvalue weighted by atomic mass is 16.6. The van der Waals surface area contributed by atoms with Gasteiger partial charge in [0.2, 0.25) is 0 Å². The first-order chi connectivity index (χ1) is 23.5. The molecule has 6 heteroatoms. The maximum Gasteiger partial charge on any atom is 0.306 e. The predicted molar refractivity (Wildman–Crippen MR) is 202 cm³/mol. The average Bonchev–Trinajstić information content (AvgIpc) is 3.08. The Morgan fingerprint density at radius 1 is 0.604 bits per heavy atom. The molecular formula is C42H72O6. The van der Waals surface area contributed by atoms with Gasteiger partial charge in [0.25, 0.3) is 0 Å². The van der Waals surface area contributed by atoms with E-state index < -0.39 is 12.2 Å². The number of hydrogen-bond donors (Lipinski definition) is 2. The molecule has 1 unspecified atom stereocenters. The number of ether oxygens (including phenoxy) is 2. The van der Waals surface area contributed by atoms with Gasteiger partial charge in [-0.05, 0) is 44.9 Å². The quantitative estimate of drug-likeness (QED) is 0.0306. The smallest absolute Gasteiger partial charge is 0.306 e. The lowest BCUT2D eigenvalue weighted by Crippen LogP contribution is -2.28. The standard InChI is InChI=1S/C42H72O6/c1-3-5-7-8-9-10-11-12-13-14-15-19-22-25-28-31-35-41(45)47-38-40(37-43)48-42(46)36-32-29-26-23-20-17-16-18-21-24-27-30-34-39(44)33-6-4-2/h6,16-17,21,23-24,26-27,30,33,39-40,43-44H,3-5,7-15,18-20,22,25,28-29,31-32,34-38H2,1-2H3/b17-16-,24-21-,26-23-,30-27+,33-6-/t39?,40-/m0/s1. The number of carbonyl (C=O) groups excluding carboxylic acids is 2. The van der Waals surface area contributed by atoms with Gasteiger partial charge in [-0.15, -0.1) is 0 Å². The van der Waals surface area contributed by atoms with Crippen molar-refractivity contribution < 1.29 is 29.3 Å². The van der Waals surface area contributed by atoms with Gasteiger partial charge in [-0.1, -0.05) is 171 Å². The fraction of sp³-hybridized carbons (Fsp3) is 0.714. The highest BCUT2D eigenvalue weighted by Crippen LogP contribution is 2.14. The highest BCUT2D eigenvalue weighted by Gasteiger charge is 2.16. The first-order valence-corrected chi connectivity index (χ1v) is 19.5. The Kier molecular flexibility index (Phi) is 35.5. The van der Waals surface area contributed by atoms with Crippen molar-refractivity contribution in [1.82, 2.24) is 0 Å². The van der Waals surface area contributed by atoms with E-state index in [1.165, 1.54) is 83.5 Å². The molecule has 0 aliphatic carbocycles. The molecular weight excluding hydrogens is 600 g/mol. The van der Waals surface area contributed by atoms with Crippen molar-refractivity contribution in [1.29, 1.82) is 0 Å². The normalized spacial score (nSPS) is 13.5. The third-order valence-electron chi connectivity index (χ3n) is 8.15. The molecule has 6 nitrogen and oxygen atoms in total. The molecule has 0 aromatic carbocycles. The summed E-state index contributed by atoms with van der Waals surface area (Å²) in [5.74, 6) is -0.683. The zero-order valence-corrected chi connectivity index (χ0v) is 30.8. The first kappa shape index (κ1) is 45.6. The third-order valence-corrected chi connectivity index (χ3v) is 8.15. The van der Waals surface area contributed by atoms with Gasteiger partial charge in [0.1, 0.15) is 6.61 Å². The van der Waals surface area contributed by atoms with Crippen LogP contribution in [-0.4, -0.2) is 47.6 Å². The van der Waals surface area contributed by atoms with Gasteiger partial charge in [-0.2, -0.15) is 0 Å². The third kappa shape index (κ3) is 34.9. The van der Waals surface area contributed by atoms with E-state index in [0.29, 0.717) is 19.3 Å². The average molecular weight is 673 g/mol. The minimum Gasteiger partial charge on any atom is -0.462 e. The Balaban J connectivity index is 3.70. The van der Waals surface area contributed by atoms with Crippen LogP contribution in [0.15, 0.2) is 60.8 Å². The number of aliphatic hydroxyl groups is 2. The van der Waals surface area contributed by atoms with Gasteiger partial charge in [0.15, 0.2) is 6.10 Å². The van der Waals surface area contributed by atoms with Crippen molar-refractivity contribution >= 4 is 11.9 Å². The minimum atomic E-state index is -0.813. The molecule has 0 saturated carbocycles. The van der Waals surface area contributed by atoms with Crippen molar-refractivity contribution in [2.45, 2.75) is 180 Å². The van der Waals surface area contributed by atoms with Crippen LogP contribution >= 0.6 is 0 Å². The van der Waals surface area contributed by atoms with E-state index >= 15 is 0 Å². The summed E-state index contributed by atoms with van der Waals surface area (Å²) in [5.41, 5.74) is 0. The summed E-state index contributed by atoms with van der Waals surface area (Å²) in [6.45, 7) is 3.85. The van der Waals surface area contributed by atoms with Crippen LogP contribution < -0.4 is 0 Å². The fourth-order valence-electron chi connectivity index (χ4n) is 5.20. The predicted octanol–water partition coefficient (Wildman–Crippen LogP) is 11.0. The molecule has 0 spiro atoms. The maximum atomic E-state index is 12.1. The van der Waals surface area contributed by atoms with Gasteiger partial charge >= 0.3 is 11.9 Å². The van der Waals surface area contributed by atoms with E-state index in [-0.39, 0.29) is 31.6 Å². The summed E-state index contributed by atoms with van der Waals surface area (Å²) in [6, 6.07) is 0. The van der Waals surface area contributed by atoms with Crippen LogP contribution in [0.4, 0.5) is 0 Å². The molecule has 0 aromatic rings. The Morgan fingerprint density at radius 3 is 1.71 bits per heavy atom. The lowest BCUT2D eigenvalue weighted by molar-refractivity contribution is -0.161. The van der Waals surface area contributed by atoms with Crippen LogP contribution in [0.25, 0.3) is 0 Å². The molecule has 48 heavy (non-hydrogen) atoms. The van der Waals surface area contributed by atoms with E-state index in [0.717, 1.165) is 44.9 Å². The number of aliphatic hydroxyl groups excluding tert-OH is 2. The van der Waals surface area contributed by atoms with Gasteiger partial charge < -0.3 is 19.7 Å². The second kappa shape index (κ2) is 37.4. The van der Waals surface area contributed by atoms with Crippen molar-refractivity contribution in [2.75, 3.05) is 13.2 Å². The van der Waals surface area contributed by atoms with Gasteiger partial charge in [-0.25, -0.2) is 0 Å². The number of hydrogen-bond acceptors (Lipinski definition) is 6.